The van der Waals surface area contributed by atoms with E-state index >= 15 is 0 Å². The molecule has 86 valence electrons. The summed E-state index contributed by atoms with van der Waals surface area (Å²) in [6.07, 6.45) is 15.7. The molecule has 0 aliphatic heterocycles. The summed E-state index contributed by atoms with van der Waals surface area (Å²) in [5.74, 6) is 3.65. The van der Waals surface area contributed by atoms with Gasteiger partial charge in [0.05, 0.1) is 0 Å². The van der Waals surface area contributed by atoms with Crippen LogP contribution in [0.1, 0.15) is 58.3 Å². The Bertz CT molecular complexity index is 192. The Morgan fingerprint density at radius 2 is 2.13 bits per heavy atom. The van der Waals surface area contributed by atoms with Crippen LogP contribution in [0.5, 0.6) is 0 Å². The van der Waals surface area contributed by atoms with Crippen LogP contribution in [0, 0.1) is 18.3 Å². The maximum absolute atomic E-state index is 5.33. The zero-order valence-electron chi connectivity index (χ0n) is 10.1. The third-order valence-corrected chi connectivity index (χ3v) is 3.41. The molecule has 0 spiro atoms. The molecule has 0 bridgehead atoms. The predicted molar refractivity (Wildman–Crippen MR) is 66.7 cm³/mol. The molecule has 0 aromatic heterocycles. The Morgan fingerprint density at radius 3 is 2.87 bits per heavy atom. The maximum Gasteiger partial charge on any atom is 0.00887 e. The monoisotopic (exact) mass is 207 g/mol. The Morgan fingerprint density at radius 1 is 1.33 bits per heavy atom. The molecular weight excluding hydrogens is 182 g/mol. The summed E-state index contributed by atoms with van der Waals surface area (Å²) in [6, 6.07) is 0.759. The molecule has 0 amide bonds. The Hall–Kier alpha value is -0.480. The van der Waals surface area contributed by atoms with Crippen LogP contribution in [0.2, 0.25) is 0 Å². The Kier molecular flexibility index (Phi) is 6.52. The second kappa shape index (κ2) is 7.77. The lowest BCUT2D eigenvalue weighted by Crippen LogP contribution is -2.30. The van der Waals surface area contributed by atoms with Crippen molar-refractivity contribution in [2.24, 2.45) is 5.92 Å². The lowest BCUT2D eigenvalue weighted by molar-refractivity contribution is 0.371. The molecule has 0 aromatic carbocycles. The third-order valence-electron chi connectivity index (χ3n) is 3.41. The molecule has 2 atom stereocenters. The van der Waals surface area contributed by atoms with Crippen molar-refractivity contribution in [3.05, 3.63) is 0 Å². The summed E-state index contributed by atoms with van der Waals surface area (Å²) in [4.78, 5) is 0. The summed E-state index contributed by atoms with van der Waals surface area (Å²) in [6.45, 7) is 3.41. The largest absolute Gasteiger partial charge is 0.314 e. The lowest BCUT2D eigenvalue weighted by atomic mass is 9.93. The predicted octanol–water partition coefficient (Wildman–Crippen LogP) is 3.35. The normalized spacial score (nSPS) is 26.9. The number of hydrogen-bond acceptors (Lipinski definition) is 1. The van der Waals surface area contributed by atoms with Crippen LogP contribution in [-0.2, 0) is 0 Å². The van der Waals surface area contributed by atoms with Crippen molar-refractivity contribution in [3.63, 3.8) is 0 Å². The fourth-order valence-electron chi connectivity index (χ4n) is 2.55. The third kappa shape index (κ3) is 5.23. The van der Waals surface area contributed by atoms with Crippen LogP contribution >= 0.6 is 0 Å². The highest BCUT2D eigenvalue weighted by atomic mass is 14.9. The van der Waals surface area contributed by atoms with Gasteiger partial charge in [0.25, 0.3) is 0 Å². The molecule has 15 heavy (non-hydrogen) atoms. The highest BCUT2D eigenvalue weighted by Gasteiger charge is 2.18. The Balaban J connectivity index is 2.29. The number of nitrogens with one attached hydrogen (secondary N) is 1. The van der Waals surface area contributed by atoms with E-state index in [4.69, 9.17) is 6.42 Å². The van der Waals surface area contributed by atoms with E-state index in [1.54, 1.807) is 0 Å². The van der Waals surface area contributed by atoms with Gasteiger partial charge in [0.1, 0.15) is 0 Å². The first-order valence-electron chi connectivity index (χ1n) is 6.53. The second-order valence-corrected chi connectivity index (χ2v) is 4.78. The molecule has 1 aliphatic carbocycles. The van der Waals surface area contributed by atoms with Crippen molar-refractivity contribution in [2.75, 3.05) is 6.54 Å². The van der Waals surface area contributed by atoms with Crippen molar-refractivity contribution >= 4 is 0 Å². The average molecular weight is 207 g/mol. The number of terminal acetylenes is 1. The quantitative estimate of drug-likeness (QED) is 0.538. The van der Waals surface area contributed by atoms with Crippen LogP contribution in [0.3, 0.4) is 0 Å². The molecule has 1 saturated carbocycles. The molecule has 0 aromatic rings. The van der Waals surface area contributed by atoms with Gasteiger partial charge in [-0.1, -0.05) is 26.2 Å². The molecule has 0 radical (unpaired) electrons. The summed E-state index contributed by atoms with van der Waals surface area (Å²) in [5, 5.41) is 3.67. The van der Waals surface area contributed by atoms with Crippen LogP contribution in [0.4, 0.5) is 0 Å². The molecular formula is C14H25N. The van der Waals surface area contributed by atoms with Crippen LogP contribution in [0.25, 0.3) is 0 Å². The van der Waals surface area contributed by atoms with Crippen LogP contribution < -0.4 is 5.32 Å². The van der Waals surface area contributed by atoms with Gasteiger partial charge in [-0.2, -0.15) is 0 Å². The SMILES string of the molecule is C#CCCC1CCCCC(NCCC)C1. The first-order chi connectivity index (χ1) is 7.36. The first kappa shape index (κ1) is 12.6. The van der Waals surface area contributed by atoms with Gasteiger partial charge in [0.15, 0.2) is 0 Å². The molecule has 1 nitrogen and oxygen atoms in total. The topological polar surface area (TPSA) is 12.0 Å². The zero-order valence-corrected chi connectivity index (χ0v) is 10.1. The lowest BCUT2D eigenvalue weighted by Gasteiger charge is -2.20. The highest BCUT2D eigenvalue weighted by molar-refractivity contribution is 4.86. The fraction of sp³-hybridized carbons (Fsp3) is 0.857. The summed E-state index contributed by atoms with van der Waals surface area (Å²) in [5.41, 5.74) is 0. The molecule has 1 heteroatoms. The van der Waals surface area contributed by atoms with E-state index in [1.165, 1.54) is 51.5 Å². The van der Waals surface area contributed by atoms with E-state index < -0.39 is 0 Å². The van der Waals surface area contributed by atoms with E-state index in [2.05, 4.69) is 18.2 Å². The molecule has 2 unspecified atom stereocenters. The minimum Gasteiger partial charge on any atom is -0.314 e. The van der Waals surface area contributed by atoms with Gasteiger partial charge < -0.3 is 5.32 Å². The molecule has 1 fully saturated rings. The maximum atomic E-state index is 5.33. The van der Waals surface area contributed by atoms with Crippen LogP contribution in [0.15, 0.2) is 0 Å². The second-order valence-electron chi connectivity index (χ2n) is 4.78. The minimum absolute atomic E-state index is 0.759. The standard InChI is InChI=1S/C14H25N/c1-3-5-8-13-9-6-7-10-14(12-13)15-11-4-2/h1,13-15H,4-12H2,2H3. The first-order valence-corrected chi connectivity index (χ1v) is 6.53. The van der Waals surface area contributed by atoms with Gasteiger partial charge in [-0.05, 0) is 38.1 Å². The van der Waals surface area contributed by atoms with E-state index in [-0.39, 0.29) is 0 Å². The van der Waals surface area contributed by atoms with Crippen molar-refractivity contribution in [2.45, 2.75) is 64.3 Å². The molecule has 1 aliphatic rings. The van der Waals surface area contributed by atoms with Crippen molar-refractivity contribution in [3.8, 4) is 12.3 Å². The summed E-state index contributed by atoms with van der Waals surface area (Å²) < 4.78 is 0. The minimum atomic E-state index is 0.759. The van der Waals surface area contributed by atoms with E-state index in [0.717, 1.165) is 18.4 Å². The average Bonchev–Trinajstić information content (AvgIpc) is 2.48. The number of rotatable bonds is 5. The fourth-order valence-corrected chi connectivity index (χ4v) is 2.55. The van der Waals surface area contributed by atoms with E-state index in [1.807, 2.05) is 0 Å². The van der Waals surface area contributed by atoms with Gasteiger partial charge in [0.2, 0.25) is 0 Å². The van der Waals surface area contributed by atoms with E-state index in [0.29, 0.717) is 0 Å². The van der Waals surface area contributed by atoms with Crippen LogP contribution in [-0.4, -0.2) is 12.6 Å². The van der Waals surface area contributed by atoms with Gasteiger partial charge >= 0.3 is 0 Å². The summed E-state index contributed by atoms with van der Waals surface area (Å²) in [7, 11) is 0. The molecule has 1 N–H and O–H groups in total. The Labute approximate surface area is 95.0 Å². The smallest absolute Gasteiger partial charge is 0.00887 e. The van der Waals surface area contributed by atoms with Gasteiger partial charge in [-0.15, -0.1) is 12.3 Å². The molecule has 0 saturated heterocycles. The number of hydrogen-bond donors (Lipinski definition) is 1. The van der Waals surface area contributed by atoms with Gasteiger partial charge in [0, 0.05) is 12.5 Å². The van der Waals surface area contributed by atoms with E-state index in [9.17, 15) is 0 Å². The highest BCUT2D eigenvalue weighted by Crippen LogP contribution is 2.26. The molecule has 1 rings (SSSR count). The van der Waals surface area contributed by atoms with Crippen molar-refractivity contribution in [1.82, 2.24) is 5.32 Å². The summed E-state index contributed by atoms with van der Waals surface area (Å²) >= 11 is 0. The van der Waals surface area contributed by atoms with Crippen molar-refractivity contribution in [1.29, 1.82) is 0 Å². The zero-order chi connectivity index (χ0) is 10.9. The van der Waals surface area contributed by atoms with Gasteiger partial charge in [-0.25, -0.2) is 0 Å². The molecule has 0 heterocycles. The van der Waals surface area contributed by atoms with Gasteiger partial charge in [-0.3, -0.25) is 0 Å². The van der Waals surface area contributed by atoms with Crippen molar-refractivity contribution < 1.29 is 0 Å².